The summed E-state index contributed by atoms with van der Waals surface area (Å²) in [5.74, 6) is -4.62. The molecule has 0 bridgehead atoms. The molecule has 0 saturated heterocycles. The summed E-state index contributed by atoms with van der Waals surface area (Å²) in [6, 6.07) is 3.43. The Morgan fingerprint density at radius 1 is 1.12 bits per heavy atom. The minimum atomic E-state index is -0.910. The fourth-order valence-electron chi connectivity index (χ4n) is 3.64. The predicted molar refractivity (Wildman–Crippen MR) is 110 cm³/mol. The highest BCUT2D eigenvalue weighted by atomic mass is 19.1. The smallest absolute Gasteiger partial charge is 0.296 e. The number of hydrogen-bond acceptors (Lipinski definition) is 8. The van der Waals surface area contributed by atoms with E-state index in [1.165, 1.54) is 12.1 Å². The lowest BCUT2D eigenvalue weighted by Crippen LogP contribution is -2.20. The van der Waals surface area contributed by atoms with Crippen molar-refractivity contribution in [2.45, 2.75) is 25.2 Å². The largest absolute Gasteiger partial charge is 0.401 e. The second-order valence-corrected chi connectivity index (χ2v) is 7.34. The maximum absolute atomic E-state index is 14.7. The molecule has 12 heteroatoms. The monoisotopic (exact) mass is 457 g/mol. The van der Waals surface area contributed by atoms with Crippen molar-refractivity contribution in [1.82, 2.24) is 20.1 Å². The minimum Gasteiger partial charge on any atom is -0.401 e. The Morgan fingerprint density at radius 3 is 2.52 bits per heavy atom. The van der Waals surface area contributed by atoms with Gasteiger partial charge in [0.2, 0.25) is 5.82 Å². The van der Waals surface area contributed by atoms with Crippen molar-refractivity contribution < 1.29 is 22.5 Å². The summed E-state index contributed by atoms with van der Waals surface area (Å²) in [6.07, 6.45) is 3.84. The van der Waals surface area contributed by atoms with E-state index in [-0.39, 0.29) is 40.2 Å². The molecule has 170 valence electrons. The molecule has 1 atom stereocenters. The van der Waals surface area contributed by atoms with Crippen molar-refractivity contribution in [3.63, 3.8) is 0 Å². The number of carbonyl (C=O) groups is 1. The average molecular weight is 457 g/mol. The van der Waals surface area contributed by atoms with Gasteiger partial charge in [0.25, 0.3) is 17.6 Å². The van der Waals surface area contributed by atoms with Gasteiger partial charge in [-0.15, -0.1) is 0 Å². The zero-order valence-corrected chi connectivity index (χ0v) is 17.1. The Bertz CT molecular complexity index is 1280. The number of allylic oxidation sites excluding steroid dienone is 3. The van der Waals surface area contributed by atoms with Gasteiger partial charge in [0.05, 0.1) is 17.5 Å². The van der Waals surface area contributed by atoms with Gasteiger partial charge >= 0.3 is 0 Å². The fourth-order valence-corrected chi connectivity index (χ4v) is 3.64. The first-order chi connectivity index (χ1) is 15.8. The van der Waals surface area contributed by atoms with Crippen LogP contribution >= 0.6 is 0 Å². The number of nitrogens with two attached hydrogens (primary N) is 3. The van der Waals surface area contributed by atoms with E-state index >= 15 is 0 Å². The molecule has 33 heavy (non-hydrogen) atoms. The fraction of sp³-hybridized carbons (Fsp3) is 0.190. The molecule has 1 amide bonds. The third-order valence-electron chi connectivity index (χ3n) is 5.21. The molecule has 0 radical (unpaired) electrons. The number of halogens is 3. The summed E-state index contributed by atoms with van der Waals surface area (Å²) in [7, 11) is 0. The first-order valence-electron chi connectivity index (χ1n) is 9.82. The average Bonchev–Trinajstić information content (AvgIpc) is 3.26. The maximum Gasteiger partial charge on any atom is 0.296 e. The van der Waals surface area contributed by atoms with Gasteiger partial charge in [0, 0.05) is 17.3 Å². The first kappa shape index (κ1) is 22.0. The van der Waals surface area contributed by atoms with E-state index in [0.717, 1.165) is 18.3 Å². The van der Waals surface area contributed by atoms with Gasteiger partial charge in [-0.2, -0.15) is 4.98 Å². The summed E-state index contributed by atoms with van der Waals surface area (Å²) >= 11 is 0. The van der Waals surface area contributed by atoms with Crippen LogP contribution in [-0.2, 0) is 0 Å². The lowest BCUT2D eigenvalue weighted by molar-refractivity contribution is 0.0987. The molecule has 0 aliphatic heterocycles. The topological polar surface area (TPSA) is 160 Å². The Balaban J connectivity index is 1.72. The Labute approximate surface area is 185 Å². The van der Waals surface area contributed by atoms with Gasteiger partial charge in [-0.3, -0.25) is 4.79 Å². The molecule has 1 aliphatic carbocycles. The summed E-state index contributed by atoms with van der Waals surface area (Å²) in [5, 5.41) is 3.41. The van der Waals surface area contributed by atoms with Gasteiger partial charge in [-0.25, -0.2) is 23.1 Å². The minimum absolute atomic E-state index is 0.0300. The van der Waals surface area contributed by atoms with E-state index in [1.807, 2.05) is 0 Å². The lowest BCUT2D eigenvalue weighted by Gasteiger charge is -2.25. The molecule has 0 saturated carbocycles. The van der Waals surface area contributed by atoms with Crippen molar-refractivity contribution in [1.29, 1.82) is 0 Å². The van der Waals surface area contributed by atoms with Gasteiger partial charge in [0.15, 0.2) is 5.82 Å². The van der Waals surface area contributed by atoms with Crippen LogP contribution in [0.25, 0.3) is 17.4 Å². The number of benzene rings is 1. The zero-order valence-electron chi connectivity index (χ0n) is 17.1. The third kappa shape index (κ3) is 4.27. The number of hydrogen-bond donors (Lipinski definition) is 3. The molecular formula is C21H18F3N7O2. The number of rotatable bonds is 5. The first-order valence-corrected chi connectivity index (χ1v) is 9.82. The molecule has 0 fully saturated rings. The molecule has 1 aliphatic rings. The number of aromatic nitrogens is 4. The molecule has 3 aromatic rings. The molecule has 1 unspecified atom stereocenters. The van der Waals surface area contributed by atoms with Gasteiger partial charge in [-0.1, -0.05) is 11.2 Å². The number of nitrogens with zero attached hydrogens (tertiary/aromatic N) is 4. The zero-order chi connectivity index (χ0) is 23.7. The van der Waals surface area contributed by atoms with E-state index in [2.05, 4.69) is 20.1 Å². The van der Waals surface area contributed by atoms with Crippen LogP contribution in [0.5, 0.6) is 0 Å². The molecular weight excluding hydrogens is 439 g/mol. The van der Waals surface area contributed by atoms with Gasteiger partial charge < -0.3 is 21.7 Å². The molecule has 1 aromatic carbocycles. The van der Waals surface area contributed by atoms with Crippen molar-refractivity contribution in [3.8, 4) is 11.7 Å². The van der Waals surface area contributed by atoms with Crippen LogP contribution in [0.15, 0.2) is 46.3 Å². The molecule has 0 spiro atoms. The van der Waals surface area contributed by atoms with E-state index in [0.29, 0.717) is 24.8 Å². The van der Waals surface area contributed by atoms with Crippen LogP contribution in [0.3, 0.4) is 0 Å². The number of amides is 1. The van der Waals surface area contributed by atoms with Crippen LogP contribution < -0.4 is 17.2 Å². The van der Waals surface area contributed by atoms with Crippen LogP contribution in [0, 0.1) is 17.5 Å². The number of primary amides is 1. The van der Waals surface area contributed by atoms with E-state index < -0.39 is 29.3 Å². The Morgan fingerprint density at radius 2 is 1.85 bits per heavy atom. The molecule has 9 nitrogen and oxygen atoms in total. The summed E-state index contributed by atoms with van der Waals surface area (Å²) in [6.45, 7) is 0. The van der Waals surface area contributed by atoms with Crippen LogP contribution in [0.1, 0.15) is 47.1 Å². The molecule has 4 rings (SSSR count). The standard InChI is InChI=1S/C21H18F3N7O2/c22-11-5-2-6-12(23)15(11)14(25)7-9-3-1-4-10(16(9)26)17-13(24)8-28-20(29-17)21-30-19(18(27)32)31-33-21/h2,5-8,10H,1,3-4,25-26H2,(H2,27,32)/b14-7-. The highest BCUT2D eigenvalue weighted by Crippen LogP contribution is 2.37. The number of carbonyl (C=O) groups excluding carboxylic acids is 1. The highest BCUT2D eigenvalue weighted by Gasteiger charge is 2.28. The third-order valence-corrected chi connectivity index (χ3v) is 5.21. The molecule has 6 N–H and O–H groups in total. The van der Waals surface area contributed by atoms with Crippen molar-refractivity contribution in [2.24, 2.45) is 17.2 Å². The SMILES string of the molecule is NC(=O)c1noc(-c2ncc(F)c(C3CCCC(/C=C(\N)c4c(F)cccc4F)=C3N)n2)n1. The van der Waals surface area contributed by atoms with Gasteiger partial charge in [-0.05, 0) is 43.0 Å². The quantitative estimate of drug-likeness (QED) is 0.527. The lowest BCUT2D eigenvalue weighted by atomic mass is 9.84. The normalized spacial score (nSPS) is 16.8. The van der Waals surface area contributed by atoms with E-state index in [4.69, 9.17) is 21.7 Å². The maximum atomic E-state index is 14.7. The summed E-state index contributed by atoms with van der Waals surface area (Å²) in [4.78, 5) is 22.9. The summed E-state index contributed by atoms with van der Waals surface area (Å²) < 4.78 is 47.7. The highest BCUT2D eigenvalue weighted by molar-refractivity contribution is 5.88. The van der Waals surface area contributed by atoms with Crippen molar-refractivity contribution in [2.75, 3.05) is 0 Å². The van der Waals surface area contributed by atoms with Crippen LogP contribution in [0.2, 0.25) is 0 Å². The molecule has 2 heterocycles. The molecule has 2 aromatic heterocycles. The predicted octanol–water partition coefficient (Wildman–Crippen LogP) is 2.52. The Hall–Kier alpha value is -4.22. The van der Waals surface area contributed by atoms with E-state index in [9.17, 15) is 18.0 Å². The van der Waals surface area contributed by atoms with Crippen molar-refractivity contribution >= 4 is 11.6 Å². The van der Waals surface area contributed by atoms with Gasteiger partial charge in [0.1, 0.15) is 11.6 Å². The van der Waals surface area contributed by atoms with Crippen LogP contribution in [-0.4, -0.2) is 26.0 Å². The van der Waals surface area contributed by atoms with Crippen LogP contribution in [0.4, 0.5) is 13.2 Å². The summed E-state index contributed by atoms with van der Waals surface area (Å²) in [5.41, 5.74) is 17.6. The Kier molecular flexibility index (Phi) is 5.82. The van der Waals surface area contributed by atoms with Crippen molar-refractivity contribution in [3.05, 3.63) is 76.3 Å². The second kappa shape index (κ2) is 8.73. The van der Waals surface area contributed by atoms with E-state index in [1.54, 1.807) is 0 Å². The second-order valence-electron chi connectivity index (χ2n) is 7.34.